The molecule has 2 amide bonds. The van der Waals surface area contributed by atoms with Crippen LogP contribution in [0.15, 0.2) is 42.5 Å². The molecule has 1 unspecified atom stereocenters. The third-order valence-electron chi connectivity index (χ3n) is 6.26. The molecule has 1 atom stereocenters. The molecule has 1 saturated carbocycles. The SMILES string of the molecule is CCC(C(=O)NC1CCCC1)N(Cc1ccccc1Cl)C(=O)CN(c1ccc(Cl)c(Cl)c1)S(C)(=O)=O. The molecular weight excluding hydrogens is 545 g/mol. The second-order valence-electron chi connectivity index (χ2n) is 8.90. The van der Waals surface area contributed by atoms with E-state index in [-0.39, 0.29) is 34.2 Å². The Balaban J connectivity index is 1.94. The van der Waals surface area contributed by atoms with E-state index in [9.17, 15) is 18.0 Å². The average Bonchev–Trinajstić information content (AvgIpc) is 3.32. The van der Waals surface area contributed by atoms with Crippen LogP contribution in [-0.2, 0) is 26.2 Å². The molecule has 1 fully saturated rings. The predicted molar refractivity (Wildman–Crippen MR) is 145 cm³/mol. The van der Waals surface area contributed by atoms with E-state index in [1.807, 2.05) is 6.92 Å². The lowest BCUT2D eigenvalue weighted by molar-refractivity contribution is -0.140. The molecular formula is C25H30Cl3N3O4S. The first-order valence-corrected chi connectivity index (χ1v) is 14.8. The third kappa shape index (κ3) is 7.28. The highest BCUT2D eigenvalue weighted by Crippen LogP contribution is 2.29. The summed E-state index contributed by atoms with van der Waals surface area (Å²) >= 11 is 18.5. The molecule has 0 saturated heterocycles. The van der Waals surface area contributed by atoms with Crippen molar-refractivity contribution >= 4 is 62.3 Å². The maximum absolute atomic E-state index is 13.7. The van der Waals surface area contributed by atoms with Crippen molar-refractivity contribution in [2.45, 2.75) is 57.7 Å². The van der Waals surface area contributed by atoms with Crippen molar-refractivity contribution in [1.82, 2.24) is 10.2 Å². The van der Waals surface area contributed by atoms with Crippen LogP contribution in [0.2, 0.25) is 15.1 Å². The van der Waals surface area contributed by atoms with Crippen molar-refractivity contribution in [3.63, 3.8) is 0 Å². The minimum Gasteiger partial charge on any atom is -0.352 e. The Bertz CT molecular complexity index is 1200. The molecule has 1 aliphatic rings. The molecule has 3 rings (SSSR count). The average molecular weight is 575 g/mol. The Morgan fingerprint density at radius 2 is 1.69 bits per heavy atom. The van der Waals surface area contributed by atoms with E-state index in [2.05, 4.69) is 5.32 Å². The monoisotopic (exact) mass is 573 g/mol. The number of amides is 2. The van der Waals surface area contributed by atoms with Crippen molar-refractivity contribution in [2.75, 3.05) is 17.1 Å². The second-order valence-corrected chi connectivity index (χ2v) is 12.0. The number of halogens is 3. The molecule has 0 spiro atoms. The first-order chi connectivity index (χ1) is 17.0. The zero-order valence-corrected chi connectivity index (χ0v) is 23.3. The summed E-state index contributed by atoms with van der Waals surface area (Å²) in [6.45, 7) is 1.35. The van der Waals surface area contributed by atoms with Crippen LogP contribution >= 0.6 is 34.8 Å². The summed E-state index contributed by atoms with van der Waals surface area (Å²) in [5.74, 6) is -0.801. The van der Waals surface area contributed by atoms with Crippen LogP contribution in [0.25, 0.3) is 0 Å². The van der Waals surface area contributed by atoms with Crippen molar-refractivity contribution in [3.8, 4) is 0 Å². The molecule has 0 heterocycles. The van der Waals surface area contributed by atoms with Crippen LogP contribution in [0.4, 0.5) is 5.69 Å². The van der Waals surface area contributed by atoms with Gasteiger partial charge in [0, 0.05) is 17.6 Å². The van der Waals surface area contributed by atoms with Gasteiger partial charge >= 0.3 is 0 Å². The first kappa shape index (κ1) is 28.6. The highest BCUT2D eigenvalue weighted by molar-refractivity contribution is 7.92. The van der Waals surface area contributed by atoms with E-state index in [1.54, 1.807) is 24.3 Å². The number of nitrogens with one attached hydrogen (secondary N) is 1. The maximum Gasteiger partial charge on any atom is 0.244 e. The minimum atomic E-state index is -3.87. The van der Waals surface area contributed by atoms with Gasteiger partial charge in [0.25, 0.3) is 0 Å². The van der Waals surface area contributed by atoms with Crippen LogP contribution in [0.1, 0.15) is 44.6 Å². The number of carbonyl (C=O) groups is 2. The standard InChI is InChI=1S/C25H30Cl3N3O4S/c1-3-23(25(33)29-18-9-5-6-10-18)30(15-17-8-4-7-11-20(17)26)24(32)16-31(36(2,34)35)19-12-13-21(27)22(28)14-19/h4,7-8,11-14,18,23H,3,5-6,9-10,15-16H2,1-2H3,(H,29,33). The molecule has 11 heteroatoms. The number of carbonyl (C=O) groups excluding carboxylic acids is 2. The zero-order valence-electron chi connectivity index (χ0n) is 20.2. The molecule has 0 aliphatic heterocycles. The molecule has 0 bridgehead atoms. The van der Waals surface area contributed by atoms with Gasteiger partial charge in [-0.3, -0.25) is 13.9 Å². The van der Waals surface area contributed by atoms with E-state index < -0.39 is 28.5 Å². The van der Waals surface area contributed by atoms with E-state index in [0.717, 1.165) is 36.2 Å². The lowest BCUT2D eigenvalue weighted by Crippen LogP contribution is -2.53. The van der Waals surface area contributed by atoms with E-state index in [4.69, 9.17) is 34.8 Å². The Hall–Kier alpha value is -2.00. The highest BCUT2D eigenvalue weighted by atomic mass is 35.5. The lowest BCUT2D eigenvalue weighted by atomic mass is 10.1. The van der Waals surface area contributed by atoms with Crippen molar-refractivity contribution in [1.29, 1.82) is 0 Å². The number of rotatable bonds is 10. The number of benzene rings is 2. The van der Waals surface area contributed by atoms with Crippen molar-refractivity contribution < 1.29 is 18.0 Å². The number of nitrogens with zero attached hydrogens (tertiary/aromatic N) is 2. The molecule has 0 aromatic heterocycles. The number of hydrogen-bond donors (Lipinski definition) is 1. The summed E-state index contributed by atoms with van der Waals surface area (Å²) in [5, 5.41) is 3.93. The molecule has 1 N–H and O–H groups in total. The summed E-state index contributed by atoms with van der Waals surface area (Å²) < 4.78 is 26.3. The van der Waals surface area contributed by atoms with Crippen molar-refractivity contribution in [2.24, 2.45) is 0 Å². The topological polar surface area (TPSA) is 86.8 Å². The van der Waals surface area contributed by atoms with Gasteiger partial charge in [-0.2, -0.15) is 0 Å². The maximum atomic E-state index is 13.7. The second kappa shape index (κ2) is 12.5. The molecule has 196 valence electrons. The van der Waals surface area contributed by atoms with Crippen LogP contribution < -0.4 is 9.62 Å². The van der Waals surface area contributed by atoms with Gasteiger partial charge in [-0.1, -0.05) is 72.8 Å². The van der Waals surface area contributed by atoms with E-state index >= 15 is 0 Å². The zero-order chi connectivity index (χ0) is 26.5. The molecule has 2 aromatic carbocycles. The smallest absolute Gasteiger partial charge is 0.244 e. The molecule has 2 aromatic rings. The first-order valence-electron chi connectivity index (χ1n) is 11.8. The summed E-state index contributed by atoms with van der Waals surface area (Å²) in [6.07, 6.45) is 5.26. The fraction of sp³-hybridized carbons (Fsp3) is 0.440. The number of sulfonamides is 1. The Morgan fingerprint density at radius 3 is 2.28 bits per heavy atom. The third-order valence-corrected chi connectivity index (χ3v) is 8.50. The minimum absolute atomic E-state index is 0.0497. The molecule has 7 nitrogen and oxygen atoms in total. The largest absolute Gasteiger partial charge is 0.352 e. The molecule has 0 radical (unpaired) electrons. The van der Waals surface area contributed by atoms with Crippen molar-refractivity contribution in [3.05, 3.63) is 63.1 Å². The van der Waals surface area contributed by atoms with Crippen LogP contribution in [0.3, 0.4) is 0 Å². The van der Waals surface area contributed by atoms with Gasteiger partial charge in [0.2, 0.25) is 21.8 Å². The van der Waals surface area contributed by atoms with Gasteiger partial charge < -0.3 is 10.2 Å². The summed E-state index contributed by atoms with van der Waals surface area (Å²) in [4.78, 5) is 28.4. The van der Waals surface area contributed by atoms with Gasteiger partial charge in [-0.05, 0) is 49.1 Å². The highest BCUT2D eigenvalue weighted by Gasteiger charge is 2.33. The lowest BCUT2D eigenvalue weighted by Gasteiger charge is -2.33. The Kier molecular flexibility index (Phi) is 9.92. The number of anilines is 1. The number of hydrogen-bond acceptors (Lipinski definition) is 4. The van der Waals surface area contributed by atoms with Crippen LogP contribution in [-0.4, -0.2) is 50.0 Å². The Morgan fingerprint density at radius 1 is 1.03 bits per heavy atom. The predicted octanol–water partition coefficient (Wildman–Crippen LogP) is 5.28. The molecule has 1 aliphatic carbocycles. The van der Waals surface area contributed by atoms with Gasteiger partial charge in [0.1, 0.15) is 12.6 Å². The van der Waals surface area contributed by atoms with Crippen LogP contribution in [0, 0.1) is 0 Å². The quantitative estimate of drug-likeness (QED) is 0.418. The normalized spacial score (nSPS) is 14.9. The molecule has 36 heavy (non-hydrogen) atoms. The fourth-order valence-corrected chi connectivity index (χ4v) is 5.68. The van der Waals surface area contributed by atoms with Gasteiger partial charge in [-0.25, -0.2) is 8.42 Å². The van der Waals surface area contributed by atoms with Gasteiger partial charge in [0.15, 0.2) is 0 Å². The summed E-state index contributed by atoms with van der Waals surface area (Å²) in [7, 11) is -3.87. The fourth-order valence-electron chi connectivity index (χ4n) is 4.35. The van der Waals surface area contributed by atoms with Gasteiger partial charge in [0.05, 0.1) is 22.0 Å². The van der Waals surface area contributed by atoms with E-state index in [1.165, 1.54) is 23.1 Å². The Labute approximate surface area is 227 Å². The summed E-state index contributed by atoms with van der Waals surface area (Å²) in [5.41, 5.74) is 0.849. The van der Waals surface area contributed by atoms with Crippen LogP contribution in [0.5, 0.6) is 0 Å². The van der Waals surface area contributed by atoms with Gasteiger partial charge in [-0.15, -0.1) is 0 Å². The van der Waals surface area contributed by atoms with E-state index in [0.29, 0.717) is 17.0 Å². The summed E-state index contributed by atoms with van der Waals surface area (Å²) in [6, 6.07) is 10.7.